The summed E-state index contributed by atoms with van der Waals surface area (Å²) in [4.78, 5) is 36.0. The molecule has 2 amide bonds. The molecule has 0 aliphatic heterocycles. The molecular formula is C20H20ClN3O5. The molecule has 0 bridgehead atoms. The van der Waals surface area contributed by atoms with E-state index < -0.39 is 16.7 Å². The first-order valence-electron chi connectivity index (χ1n) is 8.61. The van der Waals surface area contributed by atoms with E-state index in [1.54, 1.807) is 30.3 Å². The fourth-order valence-electron chi connectivity index (χ4n) is 2.44. The molecule has 9 heteroatoms. The fourth-order valence-corrected chi connectivity index (χ4v) is 2.62. The van der Waals surface area contributed by atoms with Crippen LogP contribution in [-0.4, -0.2) is 41.8 Å². The number of carbonyl (C=O) groups is 2. The van der Waals surface area contributed by atoms with Crippen molar-refractivity contribution in [3.05, 3.63) is 75.8 Å². The highest BCUT2D eigenvalue weighted by atomic mass is 35.5. The molecular weight excluding hydrogens is 398 g/mol. The van der Waals surface area contributed by atoms with Crippen LogP contribution in [0, 0.1) is 10.1 Å². The van der Waals surface area contributed by atoms with Gasteiger partial charge in [-0.3, -0.25) is 19.7 Å². The third-order valence-electron chi connectivity index (χ3n) is 3.92. The van der Waals surface area contributed by atoms with E-state index in [0.717, 1.165) is 0 Å². The molecule has 152 valence electrons. The van der Waals surface area contributed by atoms with Crippen LogP contribution >= 0.6 is 11.6 Å². The molecule has 0 spiro atoms. The molecule has 29 heavy (non-hydrogen) atoms. The van der Waals surface area contributed by atoms with Gasteiger partial charge in [-0.1, -0.05) is 29.8 Å². The molecule has 0 radical (unpaired) electrons. The van der Waals surface area contributed by atoms with Gasteiger partial charge in [0.1, 0.15) is 5.75 Å². The summed E-state index contributed by atoms with van der Waals surface area (Å²) in [6.45, 7) is 3.10. The Morgan fingerprint density at radius 1 is 1.31 bits per heavy atom. The number of hydrogen-bond donors (Lipinski definition) is 1. The summed E-state index contributed by atoms with van der Waals surface area (Å²) >= 11 is 5.99. The van der Waals surface area contributed by atoms with Crippen LogP contribution in [0.4, 0.5) is 11.4 Å². The molecule has 1 N–H and O–H groups in total. The van der Waals surface area contributed by atoms with Crippen LogP contribution in [-0.2, 0) is 16.0 Å². The minimum absolute atomic E-state index is 0.0751. The van der Waals surface area contributed by atoms with Crippen molar-refractivity contribution in [2.24, 2.45) is 0 Å². The van der Waals surface area contributed by atoms with Gasteiger partial charge in [0.25, 0.3) is 11.6 Å². The van der Waals surface area contributed by atoms with Crippen molar-refractivity contribution >= 4 is 34.8 Å². The quantitative estimate of drug-likeness (QED) is 0.382. The van der Waals surface area contributed by atoms with Crippen molar-refractivity contribution in [3.8, 4) is 5.75 Å². The molecule has 2 aromatic carbocycles. The number of amides is 2. The lowest BCUT2D eigenvalue weighted by Gasteiger charge is -2.18. The number of likely N-dealkylation sites (N-methyl/N-ethyl adjacent to an activating group) is 1. The second-order valence-electron chi connectivity index (χ2n) is 6.11. The molecule has 0 unspecified atom stereocenters. The molecule has 0 aromatic heterocycles. The van der Waals surface area contributed by atoms with Crippen LogP contribution < -0.4 is 10.1 Å². The lowest BCUT2D eigenvalue weighted by molar-refractivity contribution is -0.384. The van der Waals surface area contributed by atoms with Crippen molar-refractivity contribution in [3.63, 3.8) is 0 Å². The smallest absolute Gasteiger partial charge is 0.269 e. The van der Waals surface area contributed by atoms with E-state index in [4.69, 9.17) is 16.3 Å². The number of non-ortho nitro benzene ring substituents is 1. The minimum Gasteiger partial charge on any atom is -0.483 e. The van der Waals surface area contributed by atoms with Crippen molar-refractivity contribution in [1.82, 2.24) is 4.90 Å². The van der Waals surface area contributed by atoms with Crippen molar-refractivity contribution in [2.75, 3.05) is 25.5 Å². The predicted molar refractivity (Wildman–Crippen MR) is 110 cm³/mol. The molecule has 2 aromatic rings. The van der Waals surface area contributed by atoms with Gasteiger partial charge < -0.3 is 15.0 Å². The zero-order valence-electron chi connectivity index (χ0n) is 15.8. The SMILES string of the molecule is C=CCc1cc([N+](=O)[O-])ccc1OCC(=O)N(C)CC(=O)Nc1ccccc1Cl. The molecule has 0 saturated carbocycles. The Bertz CT molecular complexity index is 932. The first kappa shape index (κ1) is 21.9. The molecule has 0 aliphatic carbocycles. The van der Waals surface area contributed by atoms with Gasteiger partial charge in [0, 0.05) is 24.7 Å². The lowest BCUT2D eigenvalue weighted by Crippen LogP contribution is -2.37. The molecule has 0 aliphatic rings. The summed E-state index contributed by atoms with van der Waals surface area (Å²) in [5, 5.41) is 13.9. The van der Waals surface area contributed by atoms with Crippen LogP contribution in [0.15, 0.2) is 55.1 Å². The zero-order chi connectivity index (χ0) is 21.4. The maximum Gasteiger partial charge on any atom is 0.269 e. The van der Waals surface area contributed by atoms with E-state index in [2.05, 4.69) is 11.9 Å². The van der Waals surface area contributed by atoms with Gasteiger partial charge in [-0.25, -0.2) is 0 Å². The highest BCUT2D eigenvalue weighted by Crippen LogP contribution is 2.25. The first-order valence-corrected chi connectivity index (χ1v) is 8.99. The second kappa shape index (κ2) is 10.2. The average molecular weight is 418 g/mol. The number of carbonyl (C=O) groups excluding carboxylic acids is 2. The fraction of sp³-hybridized carbons (Fsp3) is 0.200. The van der Waals surface area contributed by atoms with Gasteiger partial charge in [-0.15, -0.1) is 6.58 Å². The second-order valence-corrected chi connectivity index (χ2v) is 6.52. The van der Waals surface area contributed by atoms with Crippen molar-refractivity contribution in [2.45, 2.75) is 6.42 Å². The van der Waals surface area contributed by atoms with Gasteiger partial charge in [0.2, 0.25) is 5.91 Å². The van der Waals surface area contributed by atoms with E-state index in [9.17, 15) is 19.7 Å². The summed E-state index contributed by atoms with van der Waals surface area (Å²) in [5.74, 6) is -0.489. The van der Waals surface area contributed by atoms with Gasteiger partial charge in [-0.2, -0.15) is 0 Å². The Balaban J connectivity index is 1.94. The van der Waals surface area contributed by atoms with Crippen molar-refractivity contribution in [1.29, 1.82) is 0 Å². The Hall–Kier alpha value is -3.39. The summed E-state index contributed by atoms with van der Waals surface area (Å²) in [5.41, 5.74) is 0.922. The number of anilines is 1. The molecule has 8 nitrogen and oxygen atoms in total. The average Bonchev–Trinajstić information content (AvgIpc) is 2.68. The monoisotopic (exact) mass is 417 g/mol. The van der Waals surface area contributed by atoms with Crippen LogP contribution in [0.2, 0.25) is 5.02 Å². The number of allylic oxidation sites excluding steroid dienone is 1. The molecule has 0 heterocycles. The van der Waals surface area contributed by atoms with E-state index in [-0.39, 0.29) is 18.8 Å². The number of nitro benzene ring substituents is 1. The van der Waals surface area contributed by atoms with E-state index >= 15 is 0 Å². The molecule has 2 rings (SSSR count). The van der Waals surface area contributed by atoms with E-state index in [1.165, 1.54) is 30.1 Å². The van der Waals surface area contributed by atoms with Crippen LogP contribution in [0.5, 0.6) is 5.75 Å². The third-order valence-corrected chi connectivity index (χ3v) is 4.25. The maximum atomic E-state index is 12.3. The van der Waals surface area contributed by atoms with Gasteiger partial charge in [0.15, 0.2) is 6.61 Å². The molecule has 0 fully saturated rings. The topological polar surface area (TPSA) is 102 Å². The molecule has 0 saturated heterocycles. The Labute approximate surface area is 172 Å². The summed E-state index contributed by atoms with van der Waals surface area (Å²) in [6.07, 6.45) is 1.93. The number of hydrogen-bond acceptors (Lipinski definition) is 5. The summed E-state index contributed by atoms with van der Waals surface area (Å²) < 4.78 is 5.51. The standard InChI is InChI=1S/C20H20ClN3O5/c1-3-6-14-11-15(24(27)28)9-10-18(14)29-13-20(26)23(2)12-19(25)22-17-8-5-4-7-16(17)21/h3-5,7-11H,1,6,12-13H2,2H3,(H,22,25). The highest BCUT2D eigenvalue weighted by Gasteiger charge is 2.16. The number of halogens is 1. The van der Waals surface area contributed by atoms with Crippen LogP contribution in [0.3, 0.4) is 0 Å². The number of nitro groups is 1. The van der Waals surface area contributed by atoms with Crippen molar-refractivity contribution < 1.29 is 19.2 Å². The number of rotatable bonds is 9. The normalized spacial score (nSPS) is 10.1. The molecule has 0 atom stereocenters. The zero-order valence-corrected chi connectivity index (χ0v) is 16.5. The first-order chi connectivity index (χ1) is 13.8. The van der Waals surface area contributed by atoms with Gasteiger partial charge in [-0.05, 0) is 24.6 Å². The summed E-state index contributed by atoms with van der Waals surface area (Å²) in [6, 6.07) is 10.9. The highest BCUT2D eigenvalue weighted by molar-refractivity contribution is 6.33. The van der Waals surface area contributed by atoms with Gasteiger partial charge >= 0.3 is 0 Å². The Kier molecular flexibility index (Phi) is 7.73. The number of para-hydroxylation sites is 1. The number of ether oxygens (including phenoxy) is 1. The minimum atomic E-state index is -0.507. The number of benzene rings is 2. The maximum absolute atomic E-state index is 12.3. The van der Waals surface area contributed by atoms with E-state index in [1.807, 2.05) is 0 Å². The van der Waals surface area contributed by atoms with Crippen LogP contribution in [0.1, 0.15) is 5.56 Å². The Morgan fingerprint density at radius 2 is 2.03 bits per heavy atom. The third kappa shape index (κ3) is 6.32. The predicted octanol–water partition coefficient (Wildman–Crippen LogP) is 3.45. The number of nitrogens with zero attached hydrogens (tertiary/aromatic N) is 2. The number of nitrogens with one attached hydrogen (secondary N) is 1. The summed E-state index contributed by atoms with van der Waals surface area (Å²) in [7, 11) is 1.47. The van der Waals surface area contributed by atoms with Crippen LogP contribution in [0.25, 0.3) is 0 Å². The van der Waals surface area contributed by atoms with E-state index in [0.29, 0.717) is 28.4 Å². The Morgan fingerprint density at radius 3 is 2.69 bits per heavy atom. The van der Waals surface area contributed by atoms with Gasteiger partial charge in [0.05, 0.1) is 22.2 Å². The lowest BCUT2D eigenvalue weighted by atomic mass is 10.1. The largest absolute Gasteiger partial charge is 0.483 e.